The highest BCUT2D eigenvalue weighted by Gasteiger charge is 2.42. The van der Waals surface area contributed by atoms with Gasteiger partial charge >= 0.3 is 12.2 Å². The van der Waals surface area contributed by atoms with E-state index in [9.17, 15) is 14.4 Å². The Kier molecular flexibility index (Phi) is 7.49. The average molecular weight is 496 g/mol. The molecule has 2 aliphatic rings. The molecule has 0 spiro atoms. The van der Waals surface area contributed by atoms with Crippen LogP contribution < -0.4 is 10.6 Å². The number of fused-ring (bicyclic) bond motifs is 3. The molecule has 1 fully saturated rings. The molecule has 2 aromatic rings. The predicted molar refractivity (Wildman–Crippen MR) is 133 cm³/mol. The fraction of sp³-hybridized carbons (Fsp3) is 0.444. The summed E-state index contributed by atoms with van der Waals surface area (Å²) in [4.78, 5) is 39.5. The Bertz CT molecular complexity index is 1080. The number of amides is 3. The van der Waals surface area contributed by atoms with Crippen LogP contribution in [0.3, 0.4) is 0 Å². The summed E-state index contributed by atoms with van der Waals surface area (Å²) in [5.74, 6) is -0.433. The summed E-state index contributed by atoms with van der Waals surface area (Å²) in [7, 11) is 1.46. The smallest absolute Gasteiger partial charge is 0.411 e. The van der Waals surface area contributed by atoms with Gasteiger partial charge in [0.05, 0.1) is 6.04 Å². The SMILES string of the molecule is COCNC(=O)[C@@H]1CC(NC(=O)OCC2c3ccccc3-c3ccccc32)CN1C(=O)OC(C)(C)C. The molecule has 1 saturated heterocycles. The monoisotopic (exact) mass is 495 g/mol. The van der Waals surface area contributed by atoms with Crippen molar-refractivity contribution < 1.29 is 28.6 Å². The third-order valence-corrected chi connectivity index (χ3v) is 6.29. The quantitative estimate of drug-likeness (QED) is 0.593. The maximum absolute atomic E-state index is 12.8. The van der Waals surface area contributed by atoms with Crippen molar-refractivity contribution in [1.29, 1.82) is 0 Å². The average Bonchev–Trinajstić information content (AvgIpc) is 3.40. The second kappa shape index (κ2) is 10.6. The van der Waals surface area contributed by atoms with Gasteiger partial charge in [-0.05, 0) is 49.4 Å². The number of likely N-dealkylation sites (tertiary alicyclic amines) is 1. The number of carbonyl (C=O) groups excluding carboxylic acids is 3. The molecular weight excluding hydrogens is 462 g/mol. The molecule has 3 amide bonds. The maximum Gasteiger partial charge on any atom is 0.411 e. The van der Waals surface area contributed by atoms with Gasteiger partial charge in [0.15, 0.2) is 0 Å². The van der Waals surface area contributed by atoms with E-state index in [2.05, 4.69) is 34.9 Å². The lowest BCUT2D eigenvalue weighted by Gasteiger charge is -2.27. The number of rotatable bonds is 6. The first-order valence-electron chi connectivity index (χ1n) is 12.1. The van der Waals surface area contributed by atoms with Gasteiger partial charge in [-0.3, -0.25) is 9.69 Å². The van der Waals surface area contributed by atoms with Crippen LogP contribution in [0.1, 0.15) is 44.2 Å². The Morgan fingerprint density at radius 1 is 1.00 bits per heavy atom. The summed E-state index contributed by atoms with van der Waals surface area (Å²) in [5, 5.41) is 5.44. The number of alkyl carbamates (subject to hydrolysis) is 1. The first-order chi connectivity index (χ1) is 17.2. The van der Waals surface area contributed by atoms with Crippen molar-refractivity contribution in [2.75, 3.05) is 27.0 Å². The maximum atomic E-state index is 12.8. The Morgan fingerprint density at radius 3 is 2.19 bits per heavy atom. The van der Waals surface area contributed by atoms with E-state index in [0.717, 1.165) is 22.3 Å². The molecule has 1 aliphatic heterocycles. The van der Waals surface area contributed by atoms with E-state index in [4.69, 9.17) is 14.2 Å². The van der Waals surface area contributed by atoms with Gasteiger partial charge in [0.2, 0.25) is 5.91 Å². The fourth-order valence-electron chi connectivity index (χ4n) is 4.78. The summed E-state index contributed by atoms with van der Waals surface area (Å²) in [5.41, 5.74) is 3.83. The number of nitrogens with zero attached hydrogens (tertiary/aromatic N) is 1. The Hall–Kier alpha value is -3.59. The van der Waals surface area contributed by atoms with Crippen LogP contribution in [0.15, 0.2) is 48.5 Å². The van der Waals surface area contributed by atoms with E-state index in [1.165, 1.54) is 12.0 Å². The third-order valence-electron chi connectivity index (χ3n) is 6.29. The van der Waals surface area contributed by atoms with Crippen molar-refractivity contribution >= 4 is 18.1 Å². The Labute approximate surface area is 211 Å². The third kappa shape index (κ3) is 5.62. The van der Waals surface area contributed by atoms with Gasteiger partial charge < -0.3 is 24.8 Å². The molecule has 0 bridgehead atoms. The highest BCUT2D eigenvalue weighted by atomic mass is 16.6. The van der Waals surface area contributed by atoms with Crippen molar-refractivity contribution in [3.63, 3.8) is 0 Å². The second-order valence-electron chi connectivity index (χ2n) is 10.0. The number of hydrogen-bond acceptors (Lipinski definition) is 6. The van der Waals surface area contributed by atoms with Crippen LogP contribution in [0, 0.1) is 0 Å². The number of benzene rings is 2. The van der Waals surface area contributed by atoms with E-state index >= 15 is 0 Å². The van der Waals surface area contributed by atoms with Crippen LogP contribution in [0.4, 0.5) is 9.59 Å². The van der Waals surface area contributed by atoms with Crippen molar-refractivity contribution in [3.05, 3.63) is 59.7 Å². The van der Waals surface area contributed by atoms with Gasteiger partial charge in [-0.1, -0.05) is 48.5 Å². The number of nitrogens with one attached hydrogen (secondary N) is 2. The number of hydrogen-bond donors (Lipinski definition) is 2. The van der Waals surface area contributed by atoms with Crippen molar-refractivity contribution in [1.82, 2.24) is 15.5 Å². The van der Waals surface area contributed by atoms with Crippen LogP contribution in [0.25, 0.3) is 11.1 Å². The highest BCUT2D eigenvalue weighted by Crippen LogP contribution is 2.44. The number of ether oxygens (including phenoxy) is 3. The van der Waals surface area contributed by atoms with Crippen LogP contribution in [-0.4, -0.2) is 67.7 Å². The van der Waals surface area contributed by atoms with Gasteiger partial charge in [-0.15, -0.1) is 0 Å². The summed E-state index contributed by atoms with van der Waals surface area (Å²) < 4.78 is 16.0. The molecule has 192 valence electrons. The van der Waals surface area contributed by atoms with Crippen molar-refractivity contribution in [2.45, 2.75) is 50.8 Å². The van der Waals surface area contributed by atoms with E-state index in [-0.39, 0.29) is 38.1 Å². The van der Waals surface area contributed by atoms with E-state index < -0.39 is 29.9 Å². The minimum Gasteiger partial charge on any atom is -0.449 e. The number of carbonyl (C=O) groups is 3. The minimum atomic E-state index is -0.797. The normalized spacial score (nSPS) is 18.8. The molecule has 2 aromatic carbocycles. The molecule has 9 heteroatoms. The number of methoxy groups -OCH3 is 1. The van der Waals surface area contributed by atoms with E-state index in [1.54, 1.807) is 20.8 Å². The second-order valence-corrected chi connectivity index (χ2v) is 10.0. The standard InChI is InChI=1S/C27H33N3O6/c1-27(2,3)36-26(33)30-14-17(13-23(30)24(31)28-16-34-4)29-25(32)35-15-22-20-11-7-5-9-18(20)19-10-6-8-12-21(19)22/h5-12,17,22-23H,13-16H2,1-4H3,(H,28,31)(H,29,32)/t17?,23-/m0/s1. The zero-order chi connectivity index (χ0) is 25.9. The molecule has 0 aromatic heterocycles. The Balaban J connectivity index is 1.40. The van der Waals surface area contributed by atoms with Crippen LogP contribution >= 0.6 is 0 Å². The Morgan fingerprint density at radius 2 is 1.61 bits per heavy atom. The van der Waals surface area contributed by atoms with Crippen LogP contribution in [0.5, 0.6) is 0 Å². The molecule has 0 radical (unpaired) electrons. The lowest BCUT2D eigenvalue weighted by atomic mass is 9.98. The zero-order valence-electron chi connectivity index (χ0n) is 21.1. The molecule has 0 saturated carbocycles. The largest absolute Gasteiger partial charge is 0.449 e. The summed E-state index contributed by atoms with van der Waals surface area (Å²) >= 11 is 0. The molecule has 4 rings (SSSR count). The van der Waals surface area contributed by atoms with Gasteiger partial charge in [0.25, 0.3) is 0 Å². The lowest BCUT2D eigenvalue weighted by molar-refractivity contribution is -0.126. The first-order valence-corrected chi connectivity index (χ1v) is 12.1. The molecular formula is C27H33N3O6. The summed E-state index contributed by atoms with van der Waals surface area (Å²) in [6.07, 6.45) is -0.972. The summed E-state index contributed by atoms with van der Waals surface area (Å²) in [6, 6.07) is 15.0. The van der Waals surface area contributed by atoms with Gasteiger partial charge in [0, 0.05) is 19.6 Å². The minimum absolute atomic E-state index is 0.0158. The van der Waals surface area contributed by atoms with Crippen molar-refractivity contribution in [3.8, 4) is 11.1 Å². The lowest BCUT2D eigenvalue weighted by Crippen LogP contribution is -2.48. The van der Waals surface area contributed by atoms with E-state index in [0.29, 0.717) is 0 Å². The van der Waals surface area contributed by atoms with Gasteiger partial charge in [0.1, 0.15) is 25.0 Å². The first kappa shape index (κ1) is 25.5. The summed E-state index contributed by atoms with van der Waals surface area (Å²) in [6.45, 7) is 5.60. The fourth-order valence-corrected chi connectivity index (χ4v) is 4.78. The van der Waals surface area contributed by atoms with Crippen LogP contribution in [-0.2, 0) is 19.0 Å². The zero-order valence-corrected chi connectivity index (χ0v) is 21.1. The highest BCUT2D eigenvalue weighted by molar-refractivity contribution is 5.86. The van der Waals surface area contributed by atoms with E-state index in [1.807, 2.05) is 24.3 Å². The molecule has 1 aliphatic carbocycles. The molecule has 2 atom stereocenters. The van der Waals surface area contributed by atoms with Gasteiger partial charge in [-0.2, -0.15) is 0 Å². The topological polar surface area (TPSA) is 106 Å². The predicted octanol–water partition coefficient (Wildman–Crippen LogP) is 3.62. The molecule has 9 nitrogen and oxygen atoms in total. The molecule has 36 heavy (non-hydrogen) atoms. The molecule has 1 heterocycles. The molecule has 1 unspecified atom stereocenters. The van der Waals surface area contributed by atoms with Crippen LogP contribution in [0.2, 0.25) is 0 Å². The molecule has 2 N–H and O–H groups in total. The van der Waals surface area contributed by atoms with Gasteiger partial charge in [-0.25, -0.2) is 9.59 Å². The van der Waals surface area contributed by atoms with Crippen molar-refractivity contribution in [2.24, 2.45) is 0 Å².